The monoisotopic (exact) mass is 374 g/mol. The normalized spacial score (nSPS) is 12.7. The van der Waals surface area contributed by atoms with Crippen LogP contribution >= 0.6 is 0 Å². The first-order valence-corrected chi connectivity index (χ1v) is 8.68. The highest BCUT2D eigenvalue weighted by Gasteiger charge is 2.30. The van der Waals surface area contributed by atoms with E-state index in [4.69, 9.17) is 8.92 Å². The molecule has 4 nitrogen and oxygen atoms in total. The Morgan fingerprint density at radius 1 is 0.800 bits per heavy atom. The van der Waals surface area contributed by atoms with E-state index in [1.54, 1.807) is 12.1 Å². The fraction of sp³-hybridized carbons (Fsp3) is 0.294. The Hall–Kier alpha value is -2.22. The van der Waals surface area contributed by atoms with Crippen molar-refractivity contribution in [2.24, 2.45) is 0 Å². The zero-order chi connectivity index (χ0) is 18.9. The maximum atomic E-state index is 12.5. The quantitative estimate of drug-likeness (QED) is 0.731. The average molecular weight is 374 g/mol. The lowest BCUT2D eigenvalue weighted by atomic mass is 10.2. The first-order chi connectivity index (χ1) is 11.4. The molecule has 0 bridgehead atoms. The summed E-state index contributed by atoms with van der Waals surface area (Å²) in [4.78, 5) is -0.365. The van der Waals surface area contributed by atoms with Gasteiger partial charge < -0.3 is 8.92 Å². The Morgan fingerprint density at radius 2 is 1.28 bits per heavy atom. The van der Waals surface area contributed by atoms with Crippen LogP contribution < -0.4 is 8.92 Å². The minimum Gasteiger partial charge on any atom is -0.488 e. The van der Waals surface area contributed by atoms with Gasteiger partial charge in [0.2, 0.25) is 0 Å². The van der Waals surface area contributed by atoms with Crippen molar-refractivity contribution in [2.45, 2.75) is 37.4 Å². The number of halogens is 3. The largest absolute Gasteiger partial charge is 0.488 e. The average Bonchev–Trinajstić information content (AvgIpc) is 2.47. The summed E-state index contributed by atoms with van der Waals surface area (Å²) in [6, 6.07) is 8.99. The van der Waals surface area contributed by atoms with E-state index >= 15 is 0 Å². The van der Waals surface area contributed by atoms with Gasteiger partial charge in [-0.3, -0.25) is 0 Å². The van der Waals surface area contributed by atoms with E-state index < -0.39 is 27.5 Å². The Labute approximate surface area is 144 Å². The standard InChI is InChI=1S/C17H17F3O4S/c1-16(2,3)23-13-6-8-14(9-7-13)24-25(21,22)15-10-4-12(5-11-15)17(18,19)20/h4-11H,1-3H3. The van der Waals surface area contributed by atoms with E-state index in [0.717, 1.165) is 12.1 Å². The molecular weight excluding hydrogens is 357 g/mol. The second-order valence-electron chi connectivity index (χ2n) is 6.25. The first-order valence-electron chi connectivity index (χ1n) is 7.28. The number of alkyl halides is 3. The molecule has 25 heavy (non-hydrogen) atoms. The highest BCUT2D eigenvalue weighted by atomic mass is 32.2. The van der Waals surface area contributed by atoms with Crippen LogP contribution in [0.5, 0.6) is 11.5 Å². The summed E-state index contributed by atoms with van der Waals surface area (Å²) in [5, 5.41) is 0. The number of rotatable bonds is 4. The van der Waals surface area contributed by atoms with Gasteiger partial charge in [0.15, 0.2) is 0 Å². The summed E-state index contributed by atoms with van der Waals surface area (Å²) < 4.78 is 72.4. The summed E-state index contributed by atoms with van der Waals surface area (Å²) in [5.41, 5.74) is -1.34. The molecule has 0 amide bonds. The molecule has 0 aromatic heterocycles. The molecule has 0 heterocycles. The van der Waals surface area contributed by atoms with Crippen molar-refractivity contribution in [3.05, 3.63) is 54.1 Å². The third kappa shape index (κ3) is 5.38. The number of hydrogen-bond donors (Lipinski definition) is 0. The van der Waals surface area contributed by atoms with Crippen LogP contribution in [0.25, 0.3) is 0 Å². The van der Waals surface area contributed by atoms with Crippen LogP contribution in [0.1, 0.15) is 26.3 Å². The maximum absolute atomic E-state index is 12.5. The van der Waals surface area contributed by atoms with Crippen LogP contribution in [-0.4, -0.2) is 14.0 Å². The lowest BCUT2D eigenvalue weighted by Gasteiger charge is -2.21. The summed E-state index contributed by atoms with van der Waals surface area (Å²) in [5.74, 6) is 0.563. The van der Waals surface area contributed by atoms with Gasteiger partial charge in [-0.25, -0.2) is 0 Å². The predicted molar refractivity (Wildman–Crippen MR) is 86.1 cm³/mol. The molecule has 0 fully saturated rings. The van der Waals surface area contributed by atoms with Gasteiger partial charge in [0.05, 0.1) is 5.56 Å². The molecule has 2 aromatic rings. The van der Waals surface area contributed by atoms with Crippen molar-refractivity contribution in [2.75, 3.05) is 0 Å². The van der Waals surface area contributed by atoms with Crippen molar-refractivity contribution in [1.29, 1.82) is 0 Å². The van der Waals surface area contributed by atoms with Crippen LogP contribution in [0.4, 0.5) is 13.2 Å². The minimum absolute atomic E-state index is 0.0288. The van der Waals surface area contributed by atoms with E-state index in [9.17, 15) is 21.6 Å². The molecule has 8 heteroatoms. The summed E-state index contributed by atoms with van der Waals surface area (Å²) >= 11 is 0. The third-order valence-corrected chi connectivity index (χ3v) is 4.19. The molecule has 0 saturated heterocycles. The van der Waals surface area contributed by atoms with Crippen molar-refractivity contribution < 1.29 is 30.5 Å². The Bertz CT molecular complexity index is 818. The van der Waals surface area contributed by atoms with Gasteiger partial charge in [0, 0.05) is 0 Å². The second-order valence-corrected chi connectivity index (χ2v) is 7.79. The van der Waals surface area contributed by atoms with Crippen LogP contribution in [-0.2, 0) is 16.3 Å². The molecule has 0 atom stereocenters. The minimum atomic E-state index is -4.54. The van der Waals surface area contributed by atoms with E-state index in [1.165, 1.54) is 12.1 Å². The molecule has 0 saturated carbocycles. The predicted octanol–water partition coefficient (Wildman–Crippen LogP) is 4.65. The van der Waals surface area contributed by atoms with Crippen molar-refractivity contribution in [3.63, 3.8) is 0 Å². The zero-order valence-corrected chi connectivity index (χ0v) is 14.6. The summed E-state index contributed by atoms with van der Waals surface area (Å²) in [6.07, 6.45) is -4.54. The molecule has 0 spiro atoms. The van der Waals surface area contributed by atoms with Crippen LogP contribution in [0.3, 0.4) is 0 Å². The van der Waals surface area contributed by atoms with Gasteiger partial charge in [-0.05, 0) is 69.3 Å². The van der Waals surface area contributed by atoms with Crippen LogP contribution in [0.2, 0.25) is 0 Å². The lowest BCUT2D eigenvalue weighted by Crippen LogP contribution is -2.22. The summed E-state index contributed by atoms with van der Waals surface area (Å²) in [6.45, 7) is 5.60. The first kappa shape index (κ1) is 19.1. The van der Waals surface area contributed by atoms with Gasteiger partial charge in [-0.2, -0.15) is 21.6 Å². The van der Waals surface area contributed by atoms with Crippen molar-refractivity contribution in [1.82, 2.24) is 0 Å². The van der Waals surface area contributed by atoms with E-state index in [0.29, 0.717) is 17.9 Å². The van der Waals surface area contributed by atoms with Gasteiger partial charge in [-0.15, -0.1) is 0 Å². The van der Waals surface area contributed by atoms with E-state index in [1.807, 2.05) is 20.8 Å². The zero-order valence-electron chi connectivity index (χ0n) is 13.8. The van der Waals surface area contributed by atoms with Crippen molar-refractivity contribution >= 4 is 10.1 Å². The fourth-order valence-electron chi connectivity index (χ4n) is 1.90. The number of hydrogen-bond acceptors (Lipinski definition) is 4. The van der Waals surface area contributed by atoms with Gasteiger partial charge in [-0.1, -0.05) is 0 Å². The highest BCUT2D eigenvalue weighted by molar-refractivity contribution is 7.87. The number of benzene rings is 2. The second kappa shape index (κ2) is 6.59. The van der Waals surface area contributed by atoms with Gasteiger partial charge in [0.1, 0.15) is 22.0 Å². The highest BCUT2D eigenvalue weighted by Crippen LogP contribution is 2.30. The molecule has 2 rings (SSSR count). The fourth-order valence-corrected chi connectivity index (χ4v) is 2.83. The Kier molecular flexibility index (Phi) is 5.04. The molecule has 136 valence electrons. The Balaban J connectivity index is 2.16. The molecular formula is C17H17F3O4S. The van der Waals surface area contributed by atoms with Gasteiger partial charge >= 0.3 is 16.3 Å². The Morgan fingerprint density at radius 3 is 1.72 bits per heavy atom. The van der Waals surface area contributed by atoms with E-state index in [2.05, 4.69) is 0 Å². The molecule has 2 aromatic carbocycles. The molecule has 0 N–H and O–H groups in total. The molecule has 0 aliphatic rings. The van der Waals surface area contributed by atoms with Crippen LogP contribution in [0.15, 0.2) is 53.4 Å². The SMILES string of the molecule is CC(C)(C)Oc1ccc(OS(=O)(=O)c2ccc(C(F)(F)F)cc2)cc1. The van der Waals surface area contributed by atoms with Crippen molar-refractivity contribution in [3.8, 4) is 11.5 Å². The molecule has 0 unspecified atom stereocenters. The molecule has 0 aliphatic heterocycles. The molecule has 0 radical (unpaired) electrons. The van der Waals surface area contributed by atoms with Gasteiger partial charge in [0.25, 0.3) is 0 Å². The summed E-state index contributed by atoms with van der Waals surface area (Å²) in [7, 11) is -4.23. The number of ether oxygens (including phenoxy) is 1. The topological polar surface area (TPSA) is 52.6 Å². The van der Waals surface area contributed by atoms with Crippen LogP contribution in [0, 0.1) is 0 Å². The maximum Gasteiger partial charge on any atom is 0.416 e. The van der Waals surface area contributed by atoms with E-state index in [-0.39, 0.29) is 10.6 Å². The third-order valence-electron chi connectivity index (χ3n) is 2.92. The smallest absolute Gasteiger partial charge is 0.416 e. The molecule has 0 aliphatic carbocycles. The lowest BCUT2D eigenvalue weighted by molar-refractivity contribution is -0.137.